The van der Waals surface area contributed by atoms with Gasteiger partial charge in [-0.05, 0) is 44.4 Å². The smallest absolute Gasteiger partial charge is 0.229 e. The number of benzene rings is 1. The molecule has 2 aliphatic rings. The van der Waals surface area contributed by atoms with Crippen molar-refractivity contribution in [2.24, 2.45) is 0 Å². The average molecular weight is 398 g/mol. The van der Waals surface area contributed by atoms with Gasteiger partial charge in [0.2, 0.25) is 11.8 Å². The van der Waals surface area contributed by atoms with Crippen LogP contribution in [0.2, 0.25) is 0 Å². The van der Waals surface area contributed by atoms with Crippen LogP contribution in [0.25, 0.3) is 0 Å². The minimum atomic E-state index is 0.270. The summed E-state index contributed by atoms with van der Waals surface area (Å²) in [6, 6.07) is 8.69. The first kappa shape index (κ1) is 19.9. The first-order valence-electron chi connectivity index (χ1n) is 10.7. The van der Waals surface area contributed by atoms with E-state index < -0.39 is 0 Å². The Morgan fingerprint density at radius 3 is 2.52 bits per heavy atom. The van der Waals surface area contributed by atoms with Gasteiger partial charge in [-0.25, -0.2) is 0 Å². The van der Waals surface area contributed by atoms with Gasteiger partial charge in [-0.15, -0.1) is 0 Å². The summed E-state index contributed by atoms with van der Waals surface area (Å²) in [6.07, 6.45) is 2.42. The largest absolute Gasteiger partial charge is 0.369 e. The van der Waals surface area contributed by atoms with Crippen molar-refractivity contribution in [2.75, 3.05) is 50.7 Å². The Balaban J connectivity index is 1.18. The molecule has 0 radical (unpaired) electrons. The zero-order chi connectivity index (χ0) is 20.2. The van der Waals surface area contributed by atoms with Crippen molar-refractivity contribution in [1.29, 1.82) is 0 Å². The second-order valence-electron chi connectivity index (χ2n) is 8.25. The third-order valence-corrected chi connectivity index (χ3v) is 6.12. The van der Waals surface area contributed by atoms with E-state index in [-0.39, 0.29) is 11.8 Å². The first-order chi connectivity index (χ1) is 14.1. The van der Waals surface area contributed by atoms with Gasteiger partial charge in [0.15, 0.2) is 5.82 Å². The lowest BCUT2D eigenvalue weighted by Crippen LogP contribution is -2.47. The van der Waals surface area contributed by atoms with Gasteiger partial charge >= 0.3 is 0 Å². The van der Waals surface area contributed by atoms with Gasteiger partial charge in [0.25, 0.3) is 0 Å². The van der Waals surface area contributed by atoms with E-state index in [0.717, 1.165) is 64.5 Å². The molecule has 0 aliphatic carbocycles. The third-order valence-electron chi connectivity index (χ3n) is 6.12. The van der Waals surface area contributed by atoms with Crippen LogP contribution in [0.5, 0.6) is 0 Å². The molecule has 7 nitrogen and oxygen atoms in total. The summed E-state index contributed by atoms with van der Waals surface area (Å²) in [7, 11) is 0. The van der Waals surface area contributed by atoms with Crippen LogP contribution in [0.4, 0.5) is 5.69 Å². The number of carbonyl (C=O) groups is 1. The summed E-state index contributed by atoms with van der Waals surface area (Å²) in [5, 5.41) is 3.88. The number of amides is 1. The number of nitrogens with zero attached hydrogens (tertiary/aromatic N) is 5. The number of carbonyl (C=O) groups excluding carboxylic acids is 1. The molecule has 0 spiro atoms. The van der Waals surface area contributed by atoms with Crippen molar-refractivity contribution in [3.63, 3.8) is 0 Å². The summed E-state index contributed by atoms with van der Waals surface area (Å²) in [6.45, 7) is 10.5. The molecule has 4 rings (SSSR count). The van der Waals surface area contributed by atoms with Gasteiger partial charge in [-0.1, -0.05) is 17.3 Å². The summed E-state index contributed by atoms with van der Waals surface area (Å²) >= 11 is 0. The lowest BCUT2D eigenvalue weighted by Gasteiger charge is -2.36. The predicted molar refractivity (Wildman–Crippen MR) is 112 cm³/mol. The van der Waals surface area contributed by atoms with Crippen LogP contribution in [0.1, 0.15) is 42.5 Å². The zero-order valence-electron chi connectivity index (χ0n) is 17.5. The maximum absolute atomic E-state index is 12.6. The third kappa shape index (κ3) is 4.96. The van der Waals surface area contributed by atoms with Crippen molar-refractivity contribution in [1.82, 2.24) is 19.9 Å². The lowest BCUT2D eigenvalue weighted by atomic mass is 9.96. The Morgan fingerprint density at radius 1 is 1.10 bits per heavy atom. The highest BCUT2D eigenvalue weighted by Gasteiger charge is 2.27. The summed E-state index contributed by atoms with van der Waals surface area (Å²) < 4.78 is 5.30. The number of rotatable bonds is 5. The van der Waals surface area contributed by atoms with E-state index in [2.05, 4.69) is 51.1 Å². The molecule has 7 heteroatoms. The molecule has 2 saturated heterocycles. The molecule has 1 aromatic heterocycles. The fraction of sp³-hybridized carbons (Fsp3) is 0.591. The Hall–Kier alpha value is -2.41. The average Bonchev–Trinajstić information content (AvgIpc) is 3.19. The van der Waals surface area contributed by atoms with Crippen LogP contribution < -0.4 is 4.90 Å². The first-order valence-corrected chi connectivity index (χ1v) is 10.7. The summed E-state index contributed by atoms with van der Waals surface area (Å²) in [5.41, 5.74) is 2.61. The highest BCUT2D eigenvalue weighted by atomic mass is 16.5. The topological polar surface area (TPSA) is 65.7 Å². The predicted octanol–water partition coefficient (Wildman–Crippen LogP) is 2.60. The molecule has 0 unspecified atom stereocenters. The fourth-order valence-corrected chi connectivity index (χ4v) is 4.32. The molecule has 1 amide bonds. The van der Waals surface area contributed by atoms with Crippen LogP contribution in [-0.2, 0) is 4.79 Å². The van der Waals surface area contributed by atoms with E-state index in [1.807, 2.05) is 11.8 Å². The van der Waals surface area contributed by atoms with Crippen LogP contribution in [-0.4, -0.2) is 71.7 Å². The number of anilines is 1. The molecule has 29 heavy (non-hydrogen) atoms. The minimum Gasteiger partial charge on any atom is -0.369 e. The zero-order valence-corrected chi connectivity index (χ0v) is 17.5. The van der Waals surface area contributed by atoms with Crippen LogP contribution >= 0.6 is 0 Å². The number of aryl methyl sites for hydroxylation is 2. The van der Waals surface area contributed by atoms with E-state index in [9.17, 15) is 4.79 Å². The van der Waals surface area contributed by atoms with Crippen LogP contribution in [0.3, 0.4) is 0 Å². The molecule has 2 fully saturated rings. The summed E-state index contributed by atoms with van der Waals surface area (Å²) in [5.74, 6) is 1.96. The molecule has 0 bridgehead atoms. The molecule has 3 heterocycles. The molecule has 1 aromatic carbocycles. The van der Waals surface area contributed by atoms with Gasteiger partial charge in [0, 0.05) is 63.8 Å². The highest BCUT2D eigenvalue weighted by Crippen LogP contribution is 2.27. The minimum absolute atomic E-state index is 0.270. The lowest BCUT2D eigenvalue weighted by molar-refractivity contribution is -0.132. The molecular formula is C22H31N5O2. The fourth-order valence-electron chi connectivity index (χ4n) is 4.32. The number of hydrogen-bond acceptors (Lipinski definition) is 6. The maximum atomic E-state index is 12.6. The number of hydrogen-bond donors (Lipinski definition) is 0. The van der Waals surface area contributed by atoms with Gasteiger partial charge in [0.1, 0.15) is 0 Å². The van der Waals surface area contributed by atoms with Gasteiger partial charge in [-0.3, -0.25) is 9.69 Å². The van der Waals surface area contributed by atoms with E-state index in [1.165, 1.54) is 11.3 Å². The van der Waals surface area contributed by atoms with Crippen LogP contribution in [0, 0.1) is 13.8 Å². The van der Waals surface area contributed by atoms with Gasteiger partial charge < -0.3 is 14.3 Å². The SMILES string of the molecule is Cc1cccc(N2CCN(CCC(=O)N3CCC(c4nc(C)no4)CC3)CC2)c1. The number of likely N-dealkylation sites (tertiary alicyclic amines) is 1. The maximum Gasteiger partial charge on any atom is 0.229 e. The molecule has 0 N–H and O–H groups in total. The van der Waals surface area contributed by atoms with E-state index in [1.54, 1.807) is 0 Å². The number of piperidine rings is 1. The second-order valence-corrected chi connectivity index (χ2v) is 8.25. The van der Waals surface area contributed by atoms with E-state index in [4.69, 9.17) is 4.52 Å². The van der Waals surface area contributed by atoms with Gasteiger partial charge in [0.05, 0.1) is 0 Å². The highest BCUT2D eigenvalue weighted by molar-refractivity contribution is 5.76. The van der Waals surface area contributed by atoms with Gasteiger partial charge in [-0.2, -0.15) is 4.98 Å². The molecule has 2 aromatic rings. The van der Waals surface area contributed by atoms with Crippen molar-refractivity contribution in [3.05, 3.63) is 41.5 Å². The molecular weight excluding hydrogens is 366 g/mol. The monoisotopic (exact) mass is 397 g/mol. The Kier molecular flexibility index (Phi) is 6.13. The van der Waals surface area contributed by atoms with Crippen molar-refractivity contribution in [3.8, 4) is 0 Å². The van der Waals surface area contributed by atoms with E-state index in [0.29, 0.717) is 12.2 Å². The molecule has 156 valence electrons. The van der Waals surface area contributed by atoms with Crippen molar-refractivity contribution >= 4 is 11.6 Å². The molecule has 0 atom stereocenters. The quantitative estimate of drug-likeness (QED) is 0.773. The Labute approximate surface area is 172 Å². The van der Waals surface area contributed by atoms with Crippen molar-refractivity contribution < 1.29 is 9.32 Å². The number of aromatic nitrogens is 2. The Morgan fingerprint density at radius 2 is 1.86 bits per heavy atom. The summed E-state index contributed by atoms with van der Waals surface area (Å²) in [4.78, 5) is 23.8. The standard InChI is InChI=1S/C22H31N5O2/c1-17-4-3-5-20(16-17)26-14-12-25(13-15-26)9-8-21(28)27-10-6-19(7-11-27)22-23-18(2)24-29-22/h3-5,16,19H,6-15H2,1-2H3. The van der Waals surface area contributed by atoms with Crippen molar-refractivity contribution in [2.45, 2.75) is 39.0 Å². The molecule has 0 saturated carbocycles. The molecule has 2 aliphatic heterocycles. The second kappa shape index (κ2) is 8.95. The van der Waals surface area contributed by atoms with Crippen LogP contribution in [0.15, 0.2) is 28.8 Å². The number of piperazine rings is 1. The van der Waals surface area contributed by atoms with E-state index >= 15 is 0 Å². The Bertz CT molecular complexity index is 820. The normalized spacial score (nSPS) is 19.0.